The number of benzene rings is 2. The summed E-state index contributed by atoms with van der Waals surface area (Å²) in [6.45, 7) is 6.34. The maximum atomic E-state index is 11.9. The third kappa shape index (κ3) is 6.07. The molecule has 4 nitrogen and oxygen atoms in total. The van der Waals surface area contributed by atoms with Gasteiger partial charge in [-0.15, -0.1) is 0 Å². The first-order chi connectivity index (χ1) is 12.0. The third-order valence-corrected chi connectivity index (χ3v) is 4.26. The van der Waals surface area contributed by atoms with Gasteiger partial charge >= 0.3 is 5.97 Å². The maximum Gasteiger partial charge on any atom is 0.310 e. The van der Waals surface area contributed by atoms with Gasteiger partial charge in [-0.25, -0.2) is 0 Å². The number of amides is 1. The summed E-state index contributed by atoms with van der Waals surface area (Å²) in [6.07, 6.45) is 0.175. The highest BCUT2D eigenvalue weighted by atomic mass is 16.5. The van der Waals surface area contributed by atoms with Crippen LogP contribution in [-0.4, -0.2) is 25.0 Å². The molecule has 0 bridgehead atoms. The van der Waals surface area contributed by atoms with Gasteiger partial charge in [-0.1, -0.05) is 55.5 Å². The van der Waals surface area contributed by atoms with Gasteiger partial charge in [-0.3, -0.25) is 9.59 Å². The molecule has 0 unspecified atom stereocenters. The van der Waals surface area contributed by atoms with Crippen molar-refractivity contribution in [2.24, 2.45) is 0 Å². The van der Waals surface area contributed by atoms with Gasteiger partial charge in [0.1, 0.15) is 0 Å². The second kappa shape index (κ2) is 9.02. The molecule has 1 atom stereocenters. The number of rotatable bonds is 7. The molecule has 25 heavy (non-hydrogen) atoms. The number of aryl methyl sites for hydroxylation is 2. The highest BCUT2D eigenvalue weighted by molar-refractivity contribution is 5.81. The van der Waals surface area contributed by atoms with Crippen LogP contribution in [0, 0.1) is 13.8 Å². The standard InChI is InChI=1S/C21H25NO3/c1-15-9-10-18(11-16(15)2)12-21(24)25-14-20(23)22-13-17(3)19-7-5-4-6-8-19/h4-11,17H,12-14H2,1-3H3,(H,22,23)/t17-/m0/s1. The van der Waals surface area contributed by atoms with E-state index < -0.39 is 5.97 Å². The predicted octanol–water partition coefficient (Wildman–Crippen LogP) is 3.31. The van der Waals surface area contributed by atoms with Gasteiger partial charge in [0.25, 0.3) is 5.91 Å². The summed E-state index contributed by atoms with van der Waals surface area (Å²) in [5.74, 6) is -0.470. The van der Waals surface area contributed by atoms with Crippen LogP contribution in [0.15, 0.2) is 48.5 Å². The average molecular weight is 339 g/mol. The van der Waals surface area contributed by atoms with Crippen LogP contribution < -0.4 is 5.32 Å². The molecule has 0 aliphatic heterocycles. The van der Waals surface area contributed by atoms with Crippen LogP contribution in [0.3, 0.4) is 0 Å². The van der Waals surface area contributed by atoms with Crippen molar-refractivity contribution in [3.05, 3.63) is 70.8 Å². The minimum absolute atomic E-state index is 0.175. The Balaban J connectivity index is 1.72. The van der Waals surface area contributed by atoms with Crippen LogP contribution >= 0.6 is 0 Å². The molecule has 4 heteroatoms. The van der Waals surface area contributed by atoms with E-state index in [-0.39, 0.29) is 24.9 Å². The van der Waals surface area contributed by atoms with Gasteiger partial charge in [-0.05, 0) is 42.0 Å². The number of ether oxygens (including phenoxy) is 1. The van der Waals surface area contributed by atoms with E-state index in [4.69, 9.17) is 4.74 Å². The third-order valence-electron chi connectivity index (χ3n) is 4.26. The molecule has 0 aromatic heterocycles. The van der Waals surface area contributed by atoms with Crippen LogP contribution in [0.1, 0.15) is 35.1 Å². The Labute approximate surface area is 149 Å². The van der Waals surface area contributed by atoms with Crippen LogP contribution in [0.4, 0.5) is 0 Å². The summed E-state index contributed by atoms with van der Waals surface area (Å²) >= 11 is 0. The Morgan fingerprint density at radius 3 is 2.44 bits per heavy atom. The quantitative estimate of drug-likeness (QED) is 0.788. The Bertz CT molecular complexity index is 725. The van der Waals surface area contributed by atoms with Gasteiger partial charge < -0.3 is 10.1 Å². The van der Waals surface area contributed by atoms with Crippen LogP contribution in [0.25, 0.3) is 0 Å². The van der Waals surface area contributed by atoms with E-state index in [1.807, 2.05) is 69.3 Å². The smallest absolute Gasteiger partial charge is 0.310 e. The van der Waals surface area contributed by atoms with E-state index in [2.05, 4.69) is 5.32 Å². The molecule has 0 aliphatic rings. The molecular formula is C21H25NO3. The number of hydrogen-bond acceptors (Lipinski definition) is 3. The topological polar surface area (TPSA) is 55.4 Å². The zero-order chi connectivity index (χ0) is 18.2. The molecule has 2 aromatic rings. The van der Waals surface area contributed by atoms with E-state index in [0.717, 1.165) is 16.7 Å². The maximum absolute atomic E-state index is 11.9. The molecule has 1 N–H and O–H groups in total. The van der Waals surface area contributed by atoms with Crippen LogP contribution in [-0.2, 0) is 20.7 Å². The van der Waals surface area contributed by atoms with Crippen molar-refractivity contribution in [1.29, 1.82) is 0 Å². The first-order valence-corrected chi connectivity index (χ1v) is 8.49. The molecule has 0 radical (unpaired) electrons. The van der Waals surface area contributed by atoms with Crippen LogP contribution in [0.2, 0.25) is 0 Å². The Morgan fingerprint density at radius 2 is 1.76 bits per heavy atom. The van der Waals surface area contributed by atoms with Crippen LogP contribution in [0.5, 0.6) is 0 Å². The van der Waals surface area contributed by atoms with E-state index in [0.29, 0.717) is 6.54 Å². The van der Waals surface area contributed by atoms with E-state index in [9.17, 15) is 9.59 Å². The number of esters is 1. The Morgan fingerprint density at radius 1 is 1.04 bits per heavy atom. The molecule has 0 spiro atoms. The van der Waals surface area contributed by atoms with Crippen molar-refractivity contribution >= 4 is 11.9 Å². The summed E-state index contributed by atoms with van der Waals surface area (Å²) in [7, 11) is 0. The summed E-state index contributed by atoms with van der Waals surface area (Å²) < 4.78 is 5.06. The molecule has 1 amide bonds. The van der Waals surface area contributed by atoms with Crippen molar-refractivity contribution < 1.29 is 14.3 Å². The highest BCUT2D eigenvalue weighted by Crippen LogP contribution is 2.13. The van der Waals surface area contributed by atoms with Gasteiger partial charge in [-0.2, -0.15) is 0 Å². The monoisotopic (exact) mass is 339 g/mol. The van der Waals surface area contributed by atoms with E-state index in [1.165, 1.54) is 5.56 Å². The predicted molar refractivity (Wildman–Crippen MR) is 98.4 cm³/mol. The molecule has 0 saturated carbocycles. The number of carbonyl (C=O) groups excluding carboxylic acids is 2. The molecule has 2 aromatic carbocycles. The SMILES string of the molecule is Cc1ccc(CC(=O)OCC(=O)NC[C@H](C)c2ccccc2)cc1C. The zero-order valence-corrected chi connectivity index (χ0v) is 15.0. The van der Waals surface area contributed by atoms with Gasteiger partial charge in [0.05, 0.1) is 6.42 Å². The summed E-state index contributed by atoms with van der Waals surface area (Å²) in [5, 5.41) is 2.80. The molecule has 0 saturated heterocycles. The minimum atomic E-state index is -0.394. The summed E-state index contributed by atoms with van der Waals surface area (Å²) in [4.78, 5) is 23.7. The molecule has 0 fully saturated rings. The second-order valence-corrected chi connectivity index (χ2v) is 6.37. The largest absolute Gasteiger partial charge is 0.455 e. The van der Waals surface area contributed by atoms with Gasteiger partial charge in [0, 0.05) is 6.54 Å². The Kier molecular flexibility index (Phi) is 6.75. The highest BCUT2D eigenvalue weighted by Gasteiger charge is 2.11. The van der Waals surface area contributed by atoms with Crippen molar-refractivity contribution in [3.63, 3.8) is 0 Å². The summed E-state index contributed by atoms with van der Waals surface area (Å²) in [6, 6.07) is 15.8. The van der Waals surface area contributed by atoms with Gasteiger partial charge in [0.15, 0.2) is 6.61 Å². The lowest BCUT2D eigenvalue weighted by Crippen LogP contribution is -2.31. The molecular weight excluding hydrogens is 314 g/mol. The minimum Gasteiger partial charge on any atom is -0.455 e. The number of hydrogen-bond donors (Lipinski definition) is 1. The summed E-state index contributed by atoms with van der Waals surface area (Å²) in [5.41, 5.74) is 4.38. The lowest BCUT2D eigenvalue weighted by atomic mass is 10.0. The van der Waals surface area contributed by atoms with E-state index >= 15 is 0 Å². The fourth-order valence-corrected chi connectivity index (χ4v) is 2.49. The lowest BCUT2D eigenvalue weighted by molar-refractivity contribution is -0.147. The van der Waals surface area contributed by atoms with Crippen molar-refractivity contribution in [1.82, 2.24) is 5.32 Å². The molecule has 132 valence electrons. The molecule has 0 heterocycles. The zero-order valence-electron chi connectivity index (χ0n) is 15.0. The van der Waals surface area contributed by atoms with Gasteiger partial charge in [0.2, 0.25) is 0 Å². The van der Waals surface area contributed by atoms with Crippen molar-refractivity contribution in [3.8, 4) is 0 Å². The molecule has 2 rings (SSSR count). The second-order valence-electron chi connectivity index (χ2n) is 6.37. The molecule has 0 aliphatic carbocycles. The normalized spacial score (nSPS) is 11.6. The van der Waals surface area contributed by atoms with E-state index in [1.54, 1.807) is 0 Å². The van der Waals surface area contributed by atoms with Crippen molar-refractivity contribution in [2.75, 3.05) is 13.2 Å². The first kappa shape index (κ1) is 18.7. The Hall–Kier alpha value is -2.62. The fraction of sp³-hybridized carbons (Fsp3) is 0.333. The number of carbonyl (C=O) groups is 2. The first-order valence-electron chi connectivity index (χ1n) is 8.49. The average Bonchev–Trinajstić information content (AvgIpc) is 2.61. The number of nitrogens with one attached hydrogen (secondary N) is 1. The fourth-order valence-electron chi connectivity index (χ4n) is 2.49. The van der Waals surface area contributed by atoms with Crippen molar-refractivity contribution in [2.45, 2.75) is 33.1 Å². The lowest BCUT2D eigenvalue weighted by Gasteiger charge is -2.13.